The molecule has 1 amide bonds. The zero-order valence-electron chi connectivity index (χ0n) is 14.3. The number of hydrogen-bond donors (Lipinski definition) is 1. The van der Waals surface area contributed by atoms with Gasteiger partial charge in [-0.1, -0.05) is 18.2 Å². The monoisotopic (exact) mass is 359 g/mol. The van der Waals surface area contributed by atoms with Crippen molar-refractivity contribution in [1.29, 1.82) is 0 Å². The predicted molar refractivity (Wildman–Crippen MR) is 96.2 cm³/mol. The number of aromatic nitrogens is 1. The number of benzene rings is 1. The first-order valence-corrected chi connectivity index (χ1v) is 8.35. The van der Waals surface area contributed by atoms with Crippen LogP contribution in [0.1, 0.15) is 19.3 Å². The van der Waals surface area contributed by atoms with Crippen LogP contribution in [0.5, 0.6) is 5.75 Å². The Morgan fingerprint density at radius 3 is 2.65 bits per heavy atom. The van der Waals surface area contributed by atoms with Crippen molar-refractivity contribution < 1.29 is 14.5 Å². The molecule has 0 saturated heterocycles. The fraction of sp³-hybridized carbons (Fsp3) is 0.333. The van der Waals surface area contributed by atoms with E-state index in [0.29, 0.717) is 32.5 Å². The molecule has 2 aromatic rings. The Balaban J connectivity index is 1.61. The highest BCUT2D eigenvalue weighted by molar-refractivity contribution is 5.75. The number of hydrogen-bond acceptors (Lipinski definition) is 5. The summed E-state index contributed by atoms with van der Waals surface area (Å²) >= 11 is 0. The molecule has 1 aromatic heterocycles. The summed E-state index contributed by atoms with van der Waals surface area (Å²) in [5, 5.41) is 13.5. The number of ether oxygens (including phenoxy) is 1. The molecule has 0 aliphatic rings. The number of nitro groups is 1. The third kappa shape index (κ3) is 6.39. The van der Waals surface area contributed by atoms with Gasteiger partial charge >= 0.3 is 0 Å². The van der Waals surface area contributed by atoms with Crippen molar-refractivity contribution in [2.24, 2.45) is 0 Å². The van der Waals surface area contributed by atoms with Crippen molar-refractivity contribution in [2.75, 3.05) is 13.2 Å². The quantitative estimate of drug-likeness (QED) is 0.397. The topological polar surface area (TPSA) is 103 Å². The van der Waals surface area contributed by atoms with Crippen LogP contribution < -0.4 is 15.6 Å². The molecule has 1 N–H and O–H groups in total. The largest absolute Gasteiger partial charge is 0.493 e. The highest BCUT2D eigenvalue weighted by Crippen LogP contribution is 2.08. The molecule has 8 heteroatoms. The Hall–Kier alpha value is -3.16. The molecule has 0 unspecified atom stereocenters. The average molecular weight is 359 g/mol. The minimum Gasteiger partial charge on any atom is -0.493 e. The molecule has 0 bridgehead atoms. The molecule has 8 nitrogen and oxygen atoms in total. The number of carbonyl (C=O) groups excluding carboxylic acids is 1. The van der Waals surface area contributed by atoms with Crippen molar-refractivity contribution in [2.45, 2.75) is 25.8 Å². The summed E-state index contributed by atoms with van der Waals surface area (Å²) in [7, 11) is 0. The summed E-state index contributed by atoms with van der Waals surface area (Å²) in [6.45, 7) is 1.15. The SMILES string of the molecule is O=C(CCOc1ccccc1)NCCCCn1cc([N+](=O)[O-])ccc1=O. The van der Waals surface area contributed by atoms with E-state index in [4.69, 9.17) is 4.74 Å². The molecular weight excluding hydrogens is 338 g/mol. The summed E-state index contributed by atoms with van der Waals surface area (Å²) in [4.78, 5) is 33.6. The number of unbranched alkanes of at least 4 members (excludes halogenated alkanes) is 1. The Bertz CT molecular complexity index is 789. The van der Waals surface area contributed by atoms with Gasteiger partial charge in [0.05, 0.1) is 24.1 Å². The second-order valence-electron chi connectivity index (χ2n) is 5.64. The summed E-state index contributed by atoms with van der Waals surface area (Å²) < 4.78 is 6.76. The van der Waals surface area contributed by atoms with Crippen molar-refractivity contribution in [3.8, 4) is 5.75 Å². The lowest BCUT2D eigenvalue weighted by atomic mass is 10.3. The van der Waals surface area contributed by atoms with E-state index < -0.39 is 4.92 Å². The van der Waals surface area contributed by atoms with Crippen molar-refractivity contribution in [1.82, 2.24) is 9.88 Å². The van der Waals surface area contributed by atoms with Gasteiger partial charge in [-0.15, -0.1) is 0 Å². The molecule has 26 heavy (non-hydrogen) atoms. The van der Waals surface area contributed by atoms with Crippen molar-refractivity contribution in [3.05, 3.63) is 69.1 Å². The fourth-order valence-electron chi connectivity index (χ4n) is 2.30. The summed E-state index contributed by atoms with van der Waals surface area (Å²) in [5.41, 5.74) is -0.394. The van der Waals surface area contributed by atoms with Crippen LogP contribution in [-0.2, 0) is 11.3 Å². The molecule has 0 aliphatic carbocycles. The third-order valence-corrected chi connectivity index (χ3v) is 3.67. The van der Waals surface area contributed by atoms with Crippen LogP contribution in [-0.4, -0.2) is 28.5 Å². The van der Waals surface area contributed by atoms with Gasteiger partial charge in [0.1, 0.15) is 5.75 Å². The Labute approximate surface area is 150 Å². The Morgan fingerprint density at radius 1 is 1.15 bits per heavy atom. The van der Waals surface area contributed by atoms with Gasteiger partial charge in [0, 0.05) is 25.2 Å². The van der Waals surface area contributed by atoms with E-state index in [0.717, 1.165) is 5.75 Å². The molecule has 1 heterocycles. The molecule has 0 fully saturated rings. The smallest absolute Gasteiger partial charge is 0.285 e. The molecule has 0 radical (unpaired) electrons. The first-order chi connectivity index (χ1) is 12.6. The van der Waals surface area contributed by atoms with Crippen LogP contribution in [0, 0.1) is 10.1 Å². The maximum Gasteiger partial charge on any atom is 0.285 e. The minimum atomic E-state index is -0.534. The molecule has 1 aromatic carbocycles. The normalized spacial score (nSPS) is 10.3. The Kier molecular flexibility index (Phi) is 7.35. The van der Waals surface area contributed by atoms with Crippen LogP contribution in [0.2, 0.25) is 0 Å². The third-order valence-electron chi connectivity index (χ3n) is 3.67. The molecule has 0 atom stereocenters. The van der Waals surface area contributed by atoms with Crippen molar-refractivity contribution >= 4 is 11.6 Å². The summed E-state index contributed by atoms with van der Waals surface area (Å²) in [6.07, 6.45) is 2.79. The molecular formula is C18H21N3O5. The Morgan fingerprint density at radius 2 is 1.92 bits per heavy atom. The standard InChI is InChI=1S/C18H21N3O5/c22-17(10-13-26-16-6-2-1-3-7-16)19-11-4-5-12-20-14-15(21(24)25)8-9-18(20)23/h1-3,6-9,14H,4-5,10-13H2,(H,19,22). The van der Waals surface area contributed by atoms with E-state index in [9.17, 15) is 19.7 Å². The van der Waals surface area contributed by atoms with Gasteiger partial charge in [0.25, 0.3) is 11.2 Å². The number of carbonyl (C=O) groups is 1. The van der Waals surface area contributed by atoms with E-state index in [1.807, 2.05) is 30.3 Å². The van der Waals surface area contributed by atoms with E-state index in [1.54, 1.807) is 0 Å². The number of aryl methyl sites for hydroxylation is 1. The van der Waals surface area contributed by atoms with Crippen LogP contribution in [0.4, 0.5) is 5.69 Å². The van der Waals surface area contributed by atoms with Crippen molar-refractivity contribution in [3.63, 3.8) is 0 Å². The first kappa shape index (κ1) is 19.2. The van der Waals surface area contributed by atoms with Crippen LogP contribution in [0.25, 0.3) is 0 Å². The summed E-state index contributed by atoms with van der Waals surface area (Å²) in [6, 6.07) is 11.6. The lowest BCUT2D eigenvalue weighted by molar-refractivity contribution is -0.385. The van der Waals surface area contributed by atoms with Crippen LogP contribution in [0.3, 0.4) is 0 Å². The first-order valence-electron chi connectivity index (χ1n) is 8.35. The van der Waals surface area contributed by atoms with Crippen LogP contribution in [0.15, 0.2) is 53.5 Å². The van der Waals surface area contributed by atoms with Gasteiger partial charge in [0.2, 0.25) is 5.91 Å². The number of pyridine rings is 1. The summed E-state index contributed by atoms with van der Waals surface area (Å²) in [5.74, 6) is 0.621. The van der Waals surface area contributed by atoms with Crippen LogP contribution >= 0.6 is 0 Å². The van der Waals surface area contributed by atoms with E-state index in [2.05, 4.69) is 5.32 Å². The number of para-hydroxylation sites is 1. The highest BCUT2D eigenvalue weighted by Gasteiger charge is 2.07. The number of amides is 1. The lowest BCUT2D eigenvalue weighted by Gasteiger charge is -2.08. The maximum atomic E-state index is 11.7. The fourth-order valence-corrected chi connectivity index (χ4v) is 2.30. The molecule has 0 aliphatic heterocycles. The second kappa shape index (κ2) is 9.97. The second-order valence-corrected chi connectivity index (χ2v) is 5.64. The van der Waals surface area contributed by atoms with Gasteiger partial charge in [-0.05, 0) is 25.0 Å². The molecule has 0 saturated carbocycles. The van der Waals surface area contributed by atoms with E-state index in [1.165, 1.54) is 22.9 Å². The predicted octanol–water partition coefficient (Wildman–Crippen LogP) is 2.12. The minimum absolute atomic E-state index is 0.103. The highest BCUT2D eigenvalue weighted by atomic mass is 16.6. The average Bonchev–Trinajstić information content (AvgIpc) is 2.63. The van der Waals surface area contributed by atoms with Gasteiger partial charge in [-0.25, -0.2) is 0 Å². The van der Waals surface area contributed by atoms with Gasteiger partial charge in [0.15, 0.2) is 0 Å². The molecule has 2 rings (SSSR count). The van der Waals surface area contributed by atoms with Gasteiger partial charge in [-0.3, -0.25) is 19.7 Å². The number of nitrogens with one attached hydrogen (secondary N) is 1. The lowest BCUT2D eigenvalue weighted by Crippen LogP contribution is -2.26. The zero-order valence-corrected chi connectivity index (χ0v) is 14.3. The van der Waals surface area contributed by atoms with E-state index in [-0.39, 0.29) is 23.6 Å². The number of rotatable bonds is 10. The van der Waals surface area contributed by atoms with E-state index >= 15 is 0 Å². The van der Waals surface area contributed by atoms with Gasteiger partial charge < -0.3 is 14.6 Å². The van der Waals surface area contributed by atoms with Gasteiger partial charge in [-0.2, -0.15) is 0 Å². The maximum absolute atomic E-state index is 11.7. The zero-order chi connectivity index (χ0) is 18.8. The number of nitrogens with zero attached hydrogens (tertiary/aromatic N) is 2. The molecule has 0 spiro atoms. The molecule has 138 valence electrons.